The zero-order valence-electron chi connectivity index (χ0n) is 16.9. The van der Waals surface area contributed by atoms with Gasteiger partial charge >= 0.3 is 0 Å². The average molecular weight is 414 g/mol. The van der Waals surface area contributed by atoms with Crippen molar-refractivity contribution in [3.63, 3.8) is 0 Å². The summed E-state index contributed by atoms with van der Waals surface area (Å²) >= 11 is 0. The molecule has 156 valence electrons. The number of nitrogen functional groups attached to an aromatic ring is 1. The fourth-order valence-corrected chi connectivity index (χ4v) is 3.81. The van der Waals surface area contributed by atoms with Crippen molar-refractivity contribution in [3.8, 4) is 11.3 Å². The van der Waals surface area contributed by atoms with Crippen molar-refractivity contribution in [2.24, 2.45) is 0 Å². The smallest absolute Gasteiger partial charge is 0.276 e. The summed E-state index contributed by atoms with van der Waals surface area (Å²) in [5.41, 5.74) is 8.17. The normalized spacial score (nSPS) is 14.8. The number of carbonyl (C=O) groups is 1. The number of hydrogen-bond acceptors (Lipinski definition) is 7. The van der Waals surface area contributed by atoms with Crippen LogP contribution in [0.3, 0.4) is 0 Å². The van der Waals surface area contributed by atoms with Crippen LogP contribution in [-0.2, 0) is 6.54 Å². The van der Waals surface area contributed by atoms with Crippen molar-refractivity contribution >= 4 is 22.6 Å². The molecule has 2 aromatic heterocycles. The third-order valence-corrected chi connectivity index (χ3v) is 5.49. The van der Waals surface area contributed by atoms with E-state index in [2.05, 4.69) is 20.0 Å². The second kappa shape index (κ2) is 8.16. The summed E-state index contributed by atoms with van der Waals surface area (Å²) in [4.78, 5) is 26.0. The van der Waals surface area contributed by atoms with Crippen LogP contribution in [0.2, 0.25) is 0 Å². The Morgan fingerprint density at radius 1 is 0.968 bits per heavy atom. The molecule has 0 atom stereocenters. The molecule has 8 nitrogen and oxygen atoms in total. The highest BCUT2D eigenvalue weighted by atomic mass is 16.5. The fourth-order valence-electron chi connectivity index (χ4n) is 3.81. The lowest BCUT2D eigenvalue weighted by Crippen LogP contribution is -2.48. The molecule has 0 saturated carbocycles. The summed E-state index contributed by atoms with van der Waals surface area (Å²) in [5.74, 6) is 1.67. The molecule has 3 heterocycles. The molecule has 0 aliphatic carbocycles. The third kappa shape index (κ3) is 3.97. The van der Waals surface area contributed by atoms with Gasteiger partial charge in [-0.1, -0.05) is 47.6 Å². The lowest BCUT2D eigenvalue weighted by molar-refractivity contribution is 0.0616. The minimum atomic E-state index is -0.114. The third-order valence-electron chi connectivity index (χ3n) is 5.49. The molecule has 1 fully saturated rings. The maximum Gasteiger partial charge on any atom is 0.276 e. The molecular weight excluding hydrogens is 392 g/mol. The van der Waals surface area contributed by atoms with Crippen LogP contribution in [-0.4, -0.2) is 57.0 Å². The summed E-state index contributed by atoms with van der Waals surface area (Å²) in [5, 5.41) is 4.84. The monoisotopic (exact) mass is 414 g/mol. The highest BCUT2D eigenvalue weighted by Gasteiger charge is 2.25. The van der Waals surface area contributed by atoms with E-state index in [4.69, 9.17) is 10.3 Å². The Kier molecular flexibility index (Phi) is 5.05. The average Bonchev–Trinajstić information content (AvgIpc) is 3.30. The highest BCUT2D eigenvalue weighted by molar-refractivity contribution is 5.93. The maximum atomic E-state index is 12.8. The molecule has 2 aromatic carbocycles. The number of para-hydroxylation sites is 1. The molecule has 1 amide bonds. The van der Waals surface area contributed by atoms with Gasteiger partial charge in [-0.2, -0.15) is 0 Å². The molecule has 31 heavy (non-hydrogen) atoms. The van der Waals surface area contributed by atoms with Crippen molar-refractivity contribution in [3.05, 3.63) is 72.2 Å². The first-order valence-electron chi connectivity index (χ1n) is 10.2. The molecule has 8 heteroatoms. The van der Waals surface area contributed by atoms with Crippen molar-refractivity contribution in [1.29, 1.82) is 0 Å². The Bertz CT molecular complexity index is 1220. The highest BCUT2D eigenvalue weighted by Crippen LogP contribution is 2.21. The van der Waals surface area contributed by atoms with Gasteiger partial charge in [0.25, 0.3) is 5.91 Å². The van der Waals surface area contributed by atoms with Crippen LogP contribution in [0.25, 0.3) is 22.2 Å². The number of rotatable bonds is 4. The van der Waals surface area contributed by atoms with E-state index < -0.39 is 0 Å². The van der Waals surface area contributed by atoms with E-state index in [9.17, 15) is 4.79 Å². The lowest BCUT2D eigenvalue weighted by Gasteiger charge is -2.33. The summed E-state index contributed by atoms with van der Waals surface area (Å²) in [6.07, 6.45) is 0. The number of hydrogen-bond donors (Lipinski definition) is 1. The van der Waals surface area contributed by atoms with E-state index in [1.165, 1.54) is 0 Å². The van der Waals surface area contributed by atoms with Gasteiger partial charge in [0.05, 0.1) is 12.1 Å². The van der Waals surface area contributed by atoms with Crippen molar-refractivity contribution < 1.29 is 9.32 Å². The lowest BCUT2D eigenvalue weighted by atomic mass is 10.1. The van der Waals surface area contributed by atoms with Gasteiger partial charge in [0, 0.05) is 43.2 Å². The number of anilines is 1. The molecule has 4 aromatic rings. The Balaban J connectivity index is 1.22. The SMILES string of the molecule is Nc1nc(CN2CCN(C(=O)c3cc(-c4ccccc4)on3)CC2)nc2ccccc12. The predicted octanol–water partition coefficient (Wildman–Crippen LogP) is 2.83. The molecule has 0 unspecified atom stereocenters. The standard InChI is InChI=1S/C23H22N6O2/c24-22-17-8-4-5-9-18(17)25-21(26-22)15-28-10-12-29(13-11-28)23(30)19-14-20(31-27-19)16-6-2-1-3-7-16/h1-9,14H,10-13,15H2,(H2,24,25,26). The van der Waals surface area contributed by atoms with E-state index in [1.807, 2.05) is 54.6 Å². The number of aromatic nitrogens is 3. The molecule has 1 aliphatic heterocycles. The van der Waals surface area contributed by atoms with Gasteiger partial charge < -0.3 is 15.2 Å². The van der Waals surface area contributed by atoms with Crippen LogP contribution in [0.1, 0.15) is 16.3 Å². The number of nitrogens with two attached hydrogens (primary N) is 1. The Morgan fingerprint density at radius 2 is 1.71 bits per heavy atom. The molecule has 1 aliphatic rings. The molecule has 1 saturated heterocycles. The van der Waals surface area contributed by atoms with Crippen LogP contribution in [0, 0.1) is 0 Å². The molecular formula is C23H22N6O2. The number of amides is 1. The first-order chi connectivity index (χ1) is 15.2. The topological polar surface area (TPSA) is 101 Å². The zero-order chi connectivity index (χ0) is 21.2. The van der Waals surface area contributed by atoms with Gasteiger partial charge in [0.1, 0.15) is 11.6 Å². The minimum Gasteiger partial charge on any atom is -0.383 e. The van der Waals surface area contributed by atoms with Crippen LogP contribution in [0.15, 0.2) is 65.2 Å². The molecule has 0 radical (unpaired) electrons. The summed E-state index contributed by atoms with van der Waals surface area (Å²) in [6, 6.07) is 19.1. The van der Waals surface area contributed by atoms with Gasteiger partial charge in [0.15, 0.2) is 11.5 Å². The Labute approximate surface area is 179 Å². The largest absolute Gasteiger partial charge is 0.383 e. The van der Waals surface area contributed by atoms with Crippen molar-refractivity contribution in [1.82, 2.24) is 24.9 Å². The first-order valence-corrected chi connectivity index (χ1v) is 10.2. The van der Waals surface area contributed by atoms with Gasteiger partial charge in [-0.25, -0.2) is 9.97 Å². The summed E-state index contributed by atoms with van der Waals surface area (Å²) in [7, 11) is 0. The molecule has 5 rings (SSSR count). The number of fused-ring (bicyclic) bond motifs is 1. The minimum absolute atomic E-state index is 0.114. The second-order valence-electron chi connectivity index (χ2n) is 7.55. The summed E-state index contributed by atoms with van der Waals surface area (Å²) in [6.45, 7) is 3.26. The van der Waals surface area contributed by atoms with Gasteiger partial charge in [-0.05, 0) is 12.1 Å². The first kappa shape index (κ1) is 19.2. The molecule has 0 spiro atoms. The van der Waals surface area contributed by atoms with Gasteiger partial charge in [-0.3, -0.25) is 9.69 Å². The number of piperazine rings is 1. The van der Waals surface area contributed by atoms with Gasteiger partial charge in [-0.15, -0.1) is 0 Å². The van der Waals surface area contributed by atoms with Crippen LogP contribution in [0.5, 0.6) is 0 Å². The summed E-state index contributed by atoms with van der Waals surface area (Å²) < 4.78 is 5.37. The Morgan fingerprint density at radius 3 is 2.52 bits per heavy atom. The number of carbonyl (C=O) groups excluding carboxylic acids is 1. The van der Waals surface area contributed by atoms with Crippen molar-refractivity contribution in [2.45, 2.75) is 6.54 Å². The maximum absolute atomic E-state index is 12.8. The van der Waals surface area contributed by atoms with Crippen molar-refractivity contribution in [2.75, 3.05) is 31.9 Å². The number of benzene rings is 2. The molecule has 0 bridgehead atoms. The van der Waals surface area contributed by atoms with Crippen LogP contribution >= 0.6 is 0 Å². The number of nitrogens with zero attached hydrogens (tertiary/aromatic N) is 5. The van der Waals surface area contributed by atoms with E-state index in [0.29, 0.717) is 42.7 Å². The predicted molar refractivity (Wildman–Crippen MR) is 117 cm³/mol. The van der Waals surface area contributed by atoms with E-state index in [1.54, 1.807) is 11.0 Å². The van der Waals surface area contributed by atoms with E-state index in [0.717, 1.165) is 29.6 Å². The Hall–Kier alpha value is -3.78. The van der Waals surface area contributed by atoms with Crippen LogP contribution < -0.4 is 5.73 Å². The van der Waals surface area contributed by atoms with Gasteiger partial charge in [0.2, 0.25) is 0 Å². The van der Waals surface area contributed by atoms with E-state index >= 15 is 0 Å². The quantitative estimate of drug-likeness (QED) is 0.548. The second-order valence-corrected chi connectivity index (χ2v) is 7.55. The fraction of sp³-hybridized carbons (Fsp3) is 0.217. The van der Waals surface area contributed by atoms with E-state index in [-0.39, 0.29) is 5.91 Å². The zero-order valence-corrected chi connectivity index (χ0v) is 16.9. The van der Waals surface area contributed by atoms with Crippen LogP contribution in [0.4, 0.5) is 5.82 Å². The molecule has 2 N–H and O–H groups in total.